The monoisotopic (exact) mass is 297 g/mol. The van der Waals surface area contributed by atoms with Crippen LogP contribution in [0, 0.1) is 11.7 Å². The second-order valence-electron chi connectivity index (χ2n) is 4.75. The summed E-state index contributed by atoms with van der Waals surface area (Å²) in [6.07, 6.45) is 3.09. The molecule has 3 nitrogen and oxygen atoms in total. The Morgan fingerprint density at radius 3 is 2.85 bits per heavy atom. The number of hydrogen-bond donors (Lipinski definition) is 1. The molecule has 108 valence electrons. The van der Waals surface area contributed by atoms with E-state index in [1.165, 1.54) is 12.1 Å². The van der Waals surface area contributed by atoms with Crippen LogP contribution in [0.15, 0.2) is 24.8 Å². The van der Waals surface area contributed by atoms with E-state index in [4.69, 9.17) is 16.3 Å². The fourth-order valence-electron chi connectivity index (χ4n) is 2.29. The van der Waals surface area contributed by atoms with Crippen LogP contribution < -0.4 is 10.1 Å². The molecule has 1 aliphatic rings. The Labute approximate surface area is 122 Å². The van der Waals surface area contributed by atoms with E-state index in [9.17, 15) is 9.18 Å². The molecule has 0 saturated carbocycles. The largest absolute Gasteiger partial charge is 0.489 e. The first-order chi connectivity index (χ1) is 9.63. The highest BCUT2D eigenvalue weighted by atomic mass is 35.5. The molecule has 0 aromatic heterocycles. The van der Waals surface area contributed by atoms with Gasteiger partial charge in [-0.25, -0.2) is 4.39 Å². The molecule has 1 aromatic rings. The third-order valence-corrected chi connectivity index (χ3v) is 3.64. The van der Waals surface area contributed by atoms with Gasteiger partial charge in [0.2, 0.25) is 0 Å². The van der Waals surface area contributed by atoms with Crippen LogP contribution in [0.1, 0.15) is 23.2 Å². The molecule has 1 saturated heterocycles. The van der Waals surface area contributed by atoms with Gasteiger partial charge < -0.3 is 10.1 Å². The minimum atomic E-state index is -0.590. The van der Waals surface area contributed by atoms with Crippen LogP contribution in [-0.4, -0.2) is 25.5 Å². The molecule has 1 fully saturated rings. The van der Waals surface area contributed by atoms with Gasteiger partial charge in [0.05, 0.1) is 10.6 Å². The minimum Gasteiger partial charge on any atom is -0.489 e. The van der Waals surface area contributed by atoms with Gasteiger partial charge in [0.25, 0.3) is 0 Å². The molecule has 2 rings (SSSR count). The van der Waals surface area contributed by atoms with Crippen molar-refractivity contribution in [2.75, 3.05) is 19.7 Å². The number of hydrogen-bond acceptors (Lipinski definition) is 3. The maximum absolute atomic E-state index is 13.5. The van der Waals surface area contributed by atoms with Crippen molar-refractivity contribution in [3.8, 4) is 5.75 Å². The number of halogens is 2. The molecular weight excluding hydrogens is 281 g/mol. The van der Waals surface area contributed by atoms with Gasteiger partial charge in [-0.15, -0.1) is 0 Å². The fraction of sp³-hybridized carbons (Fsp3) is 0.400. The van der Waals surface area contributed by atoms with Crippen LogP contribution in [0.4, 0.5) is 4.39 Å². The molecule has 5 heteroatoms. The number of benzene rings is 1. The zero-order chi connectivity index (χ0) is 14.5. The summed E-state index contributed by atoms with van der Waals surface area (Å²) < 4.78 is 18.9. The van der Waals surface area contributed by atoms with Crippen molar-refractivity contribution in [3.63, 3.8) is 0 Å². The number of ether oxygens (including phenoxy) is 1. The summed E-state index contributed by atoms with van der Waals surface area (Å²) in [5.74, 6) is -0.459. The maximum Gasteiger partial charge on any atom is 0.169 e. The number of piperidine rings is 1. The van der Waals surface area contributed by atoms with Crippen molar-refractivity contribution in [3.05, 3.63) is 41.2 Å². The van der Waals surface area contributed by atoms with Gasteiger partial charge in [-0.3, -0.25) is 4.79 Å². The zero-order valence-corrected chi connectivity index (χ0v) is 11.9. The maximum atomic E-state index is 13.5. The lowest BCUT2D eigenvalue weighted by molar-refractivity contribution is 0.0891. The Kier molecular flexibility index (Phi) is 5.15. The average molecular weight is 298 g/mol. The number of ketones is 1. The SMILES string of the molecule is C=CCOc1cc(F)c(Cl)cc1C(=O)C1CCNCC1. The van der Waals surface area contributed by atoms with Crippen molar-refractivity contribution in [2.45, 2.75) is 12.8 Å². The number of carbonyl (C=O) groups is 1. The molecule has 1 heterocycles. The highest BCUT2D eigenvalue weighted by Gasteiger charge is 2.25. The second kappa shape index (κ2) is 6.86. The molecular formula is C15H17ClFNO2. The predicted octanol–water partition coefficient (Wildman–Crippen LogP) is 3.23. The van der Waals surface area contributed by atoms with Gasteiger partial charge in [0, 0.05) is 12.0 Å². The Bertz CT molecular complexity index is 513. The summed E-state index contributed by atoms with van der Waals surface area (Å²) in [5.41, 5.74) is 0.352. The first kappa shape index (κ1) is 15.0. The minimum absolute atomic E-state index is 0.0348. The smallest absolute Gasteiger partial charge is 0.169 e. The molecule has 0 spiro atoms. The Balaban J connectivity index is 2.29. The molecule has 0 radical (unpaired) electrons. The molecule has 0 amide bonds. The van der Waals surface area contributed by atoms with Gasteiger partial charge in [0.1, 0.15) is 18.2 Å². The van der Waals surface area contributed by atoms with E-state index in [1.54, 1.807) is 6.08 Å². The summed E-state index contributed by atoms with van der Waals surface area (Å²) in [6.45, 7) is 5.39. The Hall–Kier alpha value is -1.39. The lowest BCUT2D eigenvalue weighted by atomic mass is 9.89. The number of nitrogens with one attached hydrogen (secondary N) is 1. The normalized spacial score (nSPS) is 15.9. The second-order valence-corrected chi connectivity index (χ2v) is 5.16. The van der Waals surface area contributed by atoms with Gasteiger partial charge in [-0.1, -0.05) is 24.3 Å². The molecule has 0 bridgehead atoms. The number of Topliss-reactive ketones (excluding diaryl/α,β-unsaturated/α-hetero) is 1. The molecule has 1 aromatic carbocycles. The van der Waals surface area contributed by atoms with Gasteiger partial charge in [-0.05, 0) is 32.0 Å². The highest BCUT2D eigenvalue weighted by molar-refractivity contribution is 6.31. The van der Waals surface area contributed by atoms with Crippen molar-refractivity contribution >= 4 is 17.4 Å². The Morgan fingerprint density at radius 2 is 2.20 bits per heavy atom. The summed E-state index contributed by atoms with van der Waals surface area (Å²) in [4.78, 5) is 12.5. The van der Waals surface area contributed by atoms with Crippen LogP contribution in [0.5, 0.6) is 5.75 Å². The van der Waals surface area contributed by atoms with E-state index in [1.807, 2.05) is 0 Å². The van der Waals surface area contributed by atoms with Crippen LogP contribution in [0.25, 0.3) is 0 Å². The molecule has 20 heavy (non-hydrogen) atoms. The standard InChI is InChI=1S/C15H17ClFNO2/c1-2-7-20-14-9-13(17)12(16)8-11(14)15(19)10-3-5-18-6-4-10/h2,8-10,18H,1,3-7H2. The number of rotatable bonds is 5. The van der Waals surface area contributed by atoms with Crippen LogP contribution in [0.2, 0.25) is 5.02 Å². The first-order valence-electron chi connectivity index (χ1n) is 6.61. The van der Waals surface area contributed by atoms with Crippen LogP contribution in [0.3, 0.4) is 0 Å². The third kappa shape index (κ3) is 3.38. The number of carbonyl (C=O) groups excluding carboxylic acids is 1. The molecule has 1 N–H and O–H groups in total. The third-order valence-electron chi connectivity index (χ3n) is 3.35. The first-order valence-corrected chi connectivity index (χ1v) is 6.99. The summed E-state index contributed by atoms with van der Waals surface area (Å²) in [5, 5.41) is 3.15. The zero-order valence-electron chi connectivity index (χ0n) is 11.1. The van der Waals surface area contributed by atoms with Crippen molar-refractivity contribution in [2.24, 2.45) is 5.92 Å². The quantitative estimate of drug-likeness (QED) is 0.670. The molecule has 0 atom stereocenters. The topological polar surface area (TPSA) is 38.3 Å². The average Bonchev–Trinajstić information content (AvgIpc) is 2.48. The van der Waals surface area contributed by atoms with Crippen LogP contribution in [-0.2, 0) is 0 Å². The van der Waals surface area contributed by atoms with E-state index < -0.39 is 5.82 Å². The molecule has 0 aliphatic carbocycles. The lowest BCUT2D eigenvalue weighted by Gasteiger charge is -2.22. The van der Waals surface area contributed by atoms with Gasteiger partial charge >= 0.3 is 0 Å². The van der Waals surface area contributed by atoms with Gasteiger partial charge in [0.15, 0.2) is 5.78 Å². The van der Waals surface area contributed by atoms with Crippen molar-refractivity contribution in [1.29, 1.82) is 0 Å². The highest BCUT2D eigenvalue weighted by Crippen LogP contribution is 2.30. The van der Waals surface area contributed by atoms with Crippen molar-refractivity contribution < 1.29 is 13.9 Å². The van der Waals surface area contributed by atoms with E-state index in [-0.39, 0.29) is 29.1 Å². The van der Waals surface area contributed by atoms with E-state index in [0.29, 0.717) is 5.56 Å². The predicted molar refractivity (Wildman–Crippen MR) is 77.0 cm³/mol. The fourth-order valence-corrected chi connectivity index (χ4v) is 2.46. The molecule has 1 aliphatic heterocycles. The van der Waals surface area contributed by atoms with E-state index in [2.05, 4.69) is 11.9 Å². The van der Waals surface area contributed by atoms with E-state index in [0.717, 1.165) is 25.9 Å². The lowest BCUT2D eigenvalue weighted by Crippen LogP contribution is -2.32. The summed E-state index contributed by atoms with van der Waals surface area (Å²) in [6, 6.07) is 2.53. The Morgan fingerprint density at radius 1 is 1.50 bits per heavy atom. The summed E-state index contributed by atoms with van der Waals surface area (Å²) >= 11 is 5.79. The van der Waals surface area contributed by atoms with E-state index >= 15 is 0 Å². The van der Waals surface area contributed by atoms with Crippen LogP contribution >= 0.6 is 11.6 Å². The molecule has 0 unspecified atom stereocenters. The van der Waals surface area contributed by atoms with Gasteiger partial charge in [-0.2, -0.15) is 0 Å². The van der Waals surface area contributed by atoms with Crippen molar-refractivity contribution in [1.82, 2.24) is 5.32 Å². The summed E-state index contributed by atoms with van der Waals surface area (Å²) in [7, 11) is 0.